The van der Waals surface area contributed by atoms with Crippen molar-refractivity contribution in [1.29, 1.82) is 0 Å². The van der Waals surface area contributed by atoms with Gasteiger partial charge < -0.3 is 10.2 Å². The summed E-state index contributed by atoms with van der Waals surface area (Å²) in [6.07, 6.45) is 0.631. The number of benzene rings is 2. The fourth-order valence-electron chi connectivity index (χ4n) is 3.22. The number of amides is 1. The Bertz CT molecular complexity index is 1100. The molecule has 1 amide bonds. The van der Waals surface area contributed by atoms with Crippen LogP contribution in [0.3, 0.4) is 0 Å². The molecular formula is C22H26F2N4O3S. The Morgan fingerprint density at radius 2 is 1.78 bits per heavy atom. The van der Waals surface area contributed by atoms with Crippen LogP contribution in [0.4, 0.5) is 8.78 Å². The standard InChI is InChI=1S/C22H26F2N4O3S/c1-27(13-9-16-3-5-17(6-4-16)22-25-11-12-26-22)21(29)10-14-28(2)32(30,31)18-7-8-19(23)20(24)15-18/h3-8,15H,9-14H2,1-2H3,(H,25,26). The molecule has 2 aromatic rings. The van der Waals surface area contributed by atoms with Crippen LogP contribution in [0.1, 0.15) is 17.5 Å². The molecule has 0 fully saturated rings. The highest BCUT2D eigenvalue weighted by Crippen LogP contribution is 2.18. The second-order valence-corrected chi connectivity index (χ2v) is 9.62. The van der Waals surface area contributed by atoms with Gasteiger partial charge in [-0.15, -0.1) is 0 Å². The molecule has 0 saturated carbocycles. The lowest BCUT2D eigenvalue weighted by molar-refractivity contribution is -0.129. The lowest BCUT2D eigenvalue weighted by Crippen LogP contribution is -2.34. The summed E-state index contributed by atoms with van der Waals surface area (Å²) in [6, 6.07) is 10.4. The van der Waals surface area contributed by atoms with Crippen LogP contribution in [0.25, 0.3) is 0 Å². The minimum Gasteiger partial charge on any atom is -0.368 e. The largest absolute Gasteiger partial charge is 0.368 e. The van der Waals surface area contributed by atoms with E-state index in [1.807, 2.05) is 24.3 Å². The Balaban J connectivity index is 1.49. The Morgan fingerprint density at radius 1 is 1.06 bits per heavy atom. The molecule has 0 radical (unpaired) electrons. The van der Waals surface area contributed by atoms with Crippen LogP contribution in [0, 0.1) is 11.6 Å². The highest BCUT2D eigenvalue weighted by atomic mass is 32.2. The van der Waals surface area contributed by atoms with E-state index in [0.29, 0.717) is 19.0 Å². The number of carbonyl (C=O) groups is 1. The first-order valence-electron chi connectivity index (χ1n) is 10.2. The smallest absolute Gasteiger partial charge is 0.242 e. The van der Waals surface area contributed by atoms with Gasteiger partial charge in [0.1, 0.15) is 5.84 Å². The van der Waals surface area contributed by atoms with Gasteiger partial charge in [-0.05, 0) is 30.2 Å². The summed E-state index contributed by atoms with van der Waals surface area (Å²) < 4.78 is 52.4. The summed E-state index contributed by atoms with van der Waals surface area (Å²) in [5, 5.41) is 3.22. The second-order valence-electron chi connectivity index (χ2n) is 7.57. The fraction of sp³-hybridized carbons (Fsp3) is 0.364. The Labute approximate surface area is 186 Å². The number of amidine groups is 1. The fourth-order valence-corrected chi connectivity index (χ4v) is 4.41. The predicted molar refractivity (Wildman–Crippen MR) is 118 cm³/mol. The van der Waals surface area contributed by atoms with Crippen LogP contribution < -0.4 is 5.32 Å². The van der Waals surface area contributed by atoms with Crippen molar-refractivity contribution in [3.8, 4) is 0 Å². The van der Waals surface area contributed by atoms with E-state index in [2.05, 4.69) is 10.3 Å². The molecule has 0 unspecified atom stereocenters. The number of rotatable bonds is 9. The molecule has 2 aromatic carbocycles. The molecule has 1 N–H and O–H groups in total. The molecule has 32 heavy (non-hydrogen) atoms. The number of hydrogen-bond donors (Lipinski definition) is 1. The van der Waals surface area contributed by atoms with Gasteiger partial charge >= 0.3 is 0 Å². The van der Waals surface area contributed by atoms with Gasteiger partial charge in [-0.3, -0.25) is 9.79 Å². The number of likely N-dealkylation sites (N-methyl/N-ethyl adjacent to an activating group) is 1. The van der Waals surface area contributed by atoms with E-state index in [-0.39, 0.29) is 23.8 Å². The number of hydrogen-bond acceptors (Lipinski definition) is 5. The minimum absolute atomic E-state index is 0.0274. The van der Waals surface area contributed by atoms with E-state index in [0.717, 1.165) is 46.5 Å². The third kappa shape index (κ3) is 5.68. The molecule has 10 heteroatoms. The number of carbonyl (C=O) groups excluding carboxylic acids is 1. The van der Waals surface area contributed by atoms with Gasteiger partial charge in [-0.2, -0.15) is 0 Å². The van der Waals surface area contributed by atoms with Crippen LogP contribution in [0.15, 0.2) is 52.4 Å². The van der Waals surface area contributed by atoms with Crippen molar-refractivity contribution in [3.05, 3.63) is 65.2 Å². The molecule has 1 aliphatic heterocycles. The van der Waals surface area contributed by atoms with Crippen molar-refractivity contribution >= 4 is 21.8 Å². The van der Waals surface area contributed by atoms with Crippen LogP contribution >= 0.6 is 0 Å². The second kappa shape index (κ2) is 10.2. The predicted octanol–water partition coefficient (Wildman–Crippen LogP) is 2.03. The minimum atomic E-state index is -4.02. The number of aliphatic imine (C=N–C) groups is 1. The molecule has 3 rings (SSSR count). The topological polar surface area (TPSA) is 82.1 Å². The van der Waals surface area contributed by atoms with Gasteiger partial charge in [-0.1, -0.05) is 24.3 Å². The first-order chi connectivity index (χ1) is 15.2. The van der Waals surface area contributed by atoms with Crippen molar-refractivity contribution < 1.29 is 22.0 Å². The van der Waals surface area contributed by atoms with E-state index in [1.165, 1.54) is 7.05 Å². The summed E-state index contributed by atoms with van der Waals surface area (Å²) >= 11 is 0. The van der Waals surface area contributed by atoms with Crippen molar-refractivity contribution in [2.45, 2.75) is 17.7 Å². The molecule has 7 nitrogen and oxygen atoms in total. The van der Waals surface area contributed by atoms with E-state index >= 15 is 0 Å². The van der Waals surface area contributed by atoms with Gasteiger partial charge in [0, 0.05) is 45.7 Å². The number of nitrogens with one attached hydrogen (secondary N) is 1. The van der Waals surface area contributed by atoms with E-state index in [1.54, 1.807) is 11.9 Å². The van der Waals surface area contributed by atoms with Crippen molar-refractivity contribution in [1.82, 2.24) is 14.5 Å². The maximum absolute atomic E-state index is 13.4. The van der Waals surface area contributed by atoms with Gasteiger partial charge in [-0.25, -0.2) is 21.5 Å². The first-order valence-corrected chi connectivity index (χ1v) is 11.7. The maximum Gasteiger partial charge on any atom is 0.242 e. The summed E-state index contributed by atoms with van der Waals surface area (Å²) in [6.45, 7) is 2.04. The van der Waals surface area contributed by atoms with Crippen LogP contribution in [0.2, 0.25) is 0 Å². The zero-order valence-electron chi connectivity index (χ0n) is 18.0. The zero-order chi connectivity index (χ0) is 23.3. The summed E-state index contributed by atoms with van der Waals surface area (Å²) in [7, 11) is -1.06. The highest BCUT2D eigenvalue weighted by molar-refractivity contribution is 7.89. The van der Waals surface area contributed by atoms with Gasteiger partial charge in [0.2, 0.25) is 15.9 Å². The average Bonchev–Trinajstić information content (AvgIpc) is 3.32. The first kappa shape index (κ1) is 23.8. The lowest BCUT2D eigenvalue weighted by Gasteiger charge is -2.20. The molecule has 0 saturated heterocycles. The van der Waals surface area contributed by atoms with E-state index in [4.69, 9.17) is 0 Å². The Kier molecular flexibility index (Phi) is 7.57. The van der Waals surface area contributed by atoms with Gasteiger partial charge in [0.15, 0.2) is 11.6 Å². The van der Waals surface area contributed by atoms with Crippen molar-refractivity contribution in [3.63, 3.8) is 0 Å². The molecule has 0 atom stereocenters. The highest BCUT2D eigenvalue weighted by Gasteiger charge is 2.23. The molecule has 172 valence electrons. The third-order valence-electron chi connectivity index (χ3n) is 5.30. The van der Waals surface area contributed by atoms with Crippen molar-refractivity contribution in [2.24, 2.45) is 4.99 Å². The quantitative estimate of drug-likeness (QED) is 0.616. The summed E-state index contributed by atoms with van der Waals surface area (Å²) in [4.78, 5) is 18.0. The van der Waals surface area contributed by atoms with Crippen LogP contribution in [-0.2, 0) is 21.2 Å². The molecule has 0 aromatic heterocycles. The summed E-state index contributed by atoms with van der Waals surface area (Å²) in [5.41, 5.74) is 2.10. The van der Waals surface area contributed by atoms with Gasteiger partial charge in [0.05, 0.1) is 11.4 Å². The average molecular weight is 465 g/mol. The van der Waals surface area contributed by atoms with E-state index < -0.39 is 21.7 Å². The number of halogens is 2. The normalized spacial score (nSPS) is 13.7. The molecule has 0 bridgehead atoms. The SMILES string of the molecule is CN(CCc1ccc(C2=NCCN2)cc1)C(=O)CCN(C)S(=O)(=O)c1ccc(F)c(F)c1. The molecule has 1 heterocycles. The van der Waals surface area contributed by atoms with Crippen LogP contribution in [0.5, 0.6) is 0 Å². The Hall–Kier alpha value is -2.85. The zero-order valence-corrected chi connectivity index (χ0v) is 18.8. The van der Waals surface area contributed by atoms with Crippen molar-refractivity contribution in [2.75, 3.05) is 40.3 Å². The van der Waals surface area contributed by atoms with Gasteiger partial charge in [0.25, 0.3) is 0 Å². The molecule has 0 aliphatic carbocycles. The van der Waals surface area contributed by atoms with Crippen LogP contribution in [-0.4, -0.2) is 69.6 Å². The Morgan fingerprint density at radius 3 is 2.41 bits per heavy atom. The molecule has 0 spiro atoms. The molecule has 1 aliphatic rings. The molecular weight excluding hydrogens is 438 g/mol. The maximum atomic E-state index is 13.4. The summed E-state index contributed by atoms with van der Waals surface area (Å²) in [5.74, 6) is -1.68. The monoisotopic (exact) mass is 464 g/mol. The third-order valence-corrected chi connectivity index (χ3v) is 7.16. The number of sulfonamides is 1. The van der Waals surface area contributed by atoms with E-state index in [9.17, 15) is 22.0 Å². The lowest BCUT2D eigenvalue weighted by atomic mass is 10.1. The number of nitrogens with zero attached hydrogens (tertiary/aromatic N) is 3.